The first kappa shape index (κ1) is 12.9. The quantitative estimate of drug-likeness (QED) is 0.879. The van der Waals surface area contributed by atoms with Crippen molar-refractivity contribution in [1.29, 1.82) is 0 Å². The molecule has 0 radical (unpaired) electrons. The lowest BCUT2D eigenvalue weighted by atomic mass is 10.1. The summed E-state index contributed by atoms with van der Waals surface area (Å²) in [4.78, 5) is 1.33. The molecule has 0 fully saturated rings. The Hall–Kier alpha value is -0.580. The van der Waals surface area contributed by atoms with E-state index in [-0.39, 0.29) is 6.04 Å². The maximum absolute atomic E-state index is 5.60. The van der Waals surface area contributed by atoms with Crippen LogP contribution in [0, 0.1) is 6.92 Å². The van der Waals surface area contributed by atoms with Gasteiger partial charge in [0.1, 0.15) is 11.8 Å². The van der Waals surface area contributed by atoms with Crippen LogP contribution in [0.4, 0.5) is 0 Å². The number of aryl methyl sites for hydroxylation is 1. The van der Waals surface area contributed by atoms with E-state index >= 15 is 0 Å². The van der Waals surface area contributed by atoms with Crippen molar-refractivity contribution >= 4 is 27.3 Å². The largest absolute Gasteiger partial charge is 0.466 e. The fourth-order valence-electron chi connectivity index (χ4n) is 1.78. The Morgan fingerprint density at radius 1 is 1.47 bits per heavy atom. The molecule has 0 aliphatic heterocycles. The number of furan rings is 1. The topological polar surface area (TPSA) is 25.2 Å². The molecule has 2 nitrogen and oxygen atoms in total. The van der Waals surface area contributed by atoms with E-state index in [1.165, 1.54) is 10.4 Å². The zero-order chi connectivity index (χ0) is 12.3. The maximum atomic E-state index is 5.60. The van der Waals surface area contributed by atoms with Gasteiger partial charge in [-0.1, -0.05) is 6.92 Å². The Balaban J connectivity index is 2.32. The van der Waals surface area contributed by atoms with E-state index in [1.807, 2.05) is 6.07 Å². The summed E-state index contributed by atoms with van der Waals surface area (Å²) in [5, 5.41) is 5.67. The molecule has 0 amide bonds. The monoisotopic (exact) mass is 313 g/mol. The molecule has 2 heterocycles. The first-order chi connectivity index (χ1) is 8.24. The van der Waals surface area contributed by atoms with Crippen LogP contribution in [0.5, 0.6) is 0 Å². The summed E-state index contributed by atoms with van der Waals surface area (Å²) in [7, 11) is 0. The number of hydrogen-bond acceptors (Lipinski definition) is 3. The predicted octanol–water partition coefficient (Wildman–Crippen LogP) is 4.50. The van der Waals surface area contributed by atoms with E-state index < -0.39 is 0 Å². The lowest BCUT2D eigenvalue weighted by Gasteiger charge is -2.16. The molecule has 0 aromatic carbocycles. The van der Waals surface area contributed by atoms with E-state index in [4.69, 9.17) is 4.42 Å². The second-order valence-electron chi connectivity index (χ2n) is 3.99. The van der Waals surface area contributed by atoms with Crippen LogP contribution in [0.1, 0.15) is 35.6 Å². The maximum Gasteiger partial charge on any atom is 0.140 e. The highest BCUT2D eigenvalue weighted by Gasteiger charge is 2.21. The minimum absolute atomic E-state index is 0.152. The van der Waals surface area contributed by atoms with Crippen molar-refractivity contribution < 1.29 is 4.42 Å². The summed E-state index contributed by atoms with van der Waals surface area (Å²) < 4.78 is 6.63. The summed E-state index contributed by atoms with van der Waals surface area (Å²) >= 11 is 5.31. The van der Waals surface area contributed by atoms with Gasteiger partial charge in [-0.25, -0.2) is 0 Å². The van der Waals surface area contributed by atoms with Crippen LogP contribution in [-0.2, 0) is 0 Å². The van der Waals surface area contributed by atoms with E-state index in [2.05, 4.69) is 46.5 Å². The van der Waals surface area contributed by atoms with Gasteiger partial charge in [-0.05, 0) is 58.9 Å². The molecular formula is C13H16BrNOS. The Morgan fingerprint density at radius 3 is 2.82 bits per heavy atom. The van der Waals surface area contributed by atoms with E-state index in [0.29, 0.717) is 0 Å². The van der Waals surface area contributed by atoms with Crippen LogP contribution in [0.25, 0.3) is 0 Å². The second kappa shape index (κ2) is 5.85. The van der Waals surface area contributed by atoms with Gasteiger partial charge in [0.2, 0.25) is 0 Å². The molecule has 0 bridgehead atoms. The molecular weight excluding hydrogens is 298 g/mol. The number of halogens is 1. The van der Waals surface area contributed by atoms with Crippen molar-refractivity contribution in [3.8, 4) is 0 Å². The van der Waals surface area contributed by atoms with Crippen LogP contribution in [0.15, 0.2) is 32.7 Å². The van der Waals surface area contributed by atoms with Crippen LogP contribution < -0.4 is 5.32 Å². The highest BCUT2D eigenvalue weighted by Crippen LogP contribution is 2.33. The number of hydrogen-bond donors (Lipinski definition) is 1. The molecule has 1 N–H and O–H groups in total. The molecule has 4 heteroatoms. The fraction of sp³-hybridized carbons (Fsp3) is 0.385. The van der Waals surface area contributed by atoms with Gasteiger partial charge in [0.25, 0.3) is 0 Å². The summed E-state index contributed by atoms with van der Waals surface area (Å²) in [6.07, 6.45) is 2.84. The molecule has 0 saturated heterocycles. The second-order valence-corrected chi connectivity index (χ2v) is 5.79. The normalized spacial score (nSPS) is 12.9. The lowest BCUT2D eigenvalue weighted by molar-refractivity contribution is 0.447. The van der Waals surface area contributed by atoms with Crippen LogP contribution in [-0.4, -0.2) is 6.54 Å². The van der Waals surface area contributed by atoms with E-state index in [9.17, 15) is 0 Å². The molecule has 17 heavy (non-hydrogen) atoms. The zero-order valence-electron chi connectivity index (χ0n) is 10.00. The first-order valence-electron chi connectivity index (χ1n) is 5.74. The standard InChI is InChI=1S/C13H16BrNOS/c1-3-6-15-11(12-10(14)4-7-16-12)13-9(2)5-8-17-13/h4-5,7-8,11,15H,3,6H2,1-2H3. The first-order valence-corrected chi connectivity index (χ1v) is 7.41. The van der Waals surface area contributed by atoms with E-state index in [0.717, 1.165) is 23.2 Å². The summed E-state index contributed by atoms with van der Waals surface area (Å²) in [5.41, 5.74) is 1.31. The fourth-order valence-corrected chi connectivity index (χ4v) is 3.21. The van der Waals surface area contributed by atoms with Gasteiger partial charge in [-0.2, -0.15) is 0 Å². The van der Waals surface area contributed by atoms with Gasteiger partial charge in [0.15, 0.2) is 0 Å². The van der Waals surface area contributed by atoms with Crippen molar-refractivity contribution in [2.45, 2.75) is 26.3 Å². The molecule has 0 aliphatic rings. The number of thiophene rings is 1. The lowest BCUT2D eigenvalue weighted by Crippen LogP contribution is -2.22. The summed E-state index contributed by atoms with van der Waals surface area (Å²) in [5.74, 6) is 0.962. The zero-order valence-corrected chi connectivity index (χ0v) is 12.4. The van der Waals surface area contributed by atoms with Gasteiger partial charge in [-0.3, -0.25) is 0 Å². The summed E-state index contributed by atoms with van der Waals surface area (Å²) in [6.45, 7) is 5.29. The van der Waals surface area contributed by atoms with Gasteiger partial charge in [0.05, 0.1) is 10.7 Å². The molecule has 1 atom stereocenters. The molecule has 0 spiro atoms. The van der Waals surface area contributed by atoms with Crippen molar-refractivity contribution in [1.82, 2.24) is 5.32 Å². The molecule has 2 rings (SSSR count). The predicted molar refractivity (Wildman–Crippen MR) is 75.6 cm³/mol. The Labute approximate surface area is 114 Å². The van der Waals surface area contributed by atoms with Gasteiger partial charge >= 0.3 is 0 Å². The molecule has 2 aromatic rings. The third kappa shape index (κ3) is 2.81. The molecule has 0 saturated carbocycles. The minimum Gasteiger partial charge on any atom is -0.466 e. The van der Waals surface area contributed by atoms with Crippen molar-refractivity contribution in [3.63, 3.8) is 0 Å². The third-order valence-electron chi connectivity index (χ3n) is 2.67. The van der Waals surface area contributed by atoms with Gasteiger partial charge in [-0.15, -0.1) is 11.3 Å². The minimum atomic E-state index is 0.152. The molecule has 1 unspecified atom stereocenters. The van der Waals surface area contributed by atoms with Crippen LogP contribution >= 0.6 is 27.3 Å². The number of nitrogens with one attached hydrogen (secondary N) is 1. The van der Waals surface area contributed by atoms with Crippen molar-refractivity contribution in [3.05, 3.63) is 44.4 Å². The van der Waals surface area contributed by atoms with Crippen LogP contribution in [0.2, 0.25) is 0 Å². The third-order valence-corrected chi connectivity index (χ3v) is 4.41. The highest BCUT2D eigenvalue weighted by molar-refractivity contribution is 9.10. The number of rotatable bonds is 5. The van der Waals surface area contributed by atoms with Gasteiger partial charge < -0.3 is 9.73 Å². The summed E-state index contributed by atoms with van der Waals surface area (Å²) in [6, 6.07) is 4.25. The van der Waals surface area contributed by atoms with Gasteiger partial charge in [0, 0.05) is 4.88 Å². The molecule has 2 aromatic heterocycles. The Bertz CT molecular complexity index is 437. The molecule has 0 aliphatic carbocycles. The Morgan fingerprint density at radius 2 is 2.29 bits per heavy atom. The van der Waals surface area contributed by atoms with Crippen molar-refractivity contribution in [2.24, 2.45) is 0 Å². The van der Waals surface area contributed by atoms with Crippen molar-refractivity contribution in [2.75, 3.05) is 6.54 Å². The SMILES string of the molecule is CCCNC(c1occc1Br)c1sccc1C. The average molecular weight is 314 g/mol. The molecule has 92 valence electrons. The van der Waals surface area contributed by atoms with E-state index in [1.54, 1.807) is 17.6 Å². The van der Waals surface area contributed by atoms with Crippen LogP contribution in [0.3, 0.4) is 0 Å². The average Bonchev–Trinajstić information content (AvgIpc) is 2.90. The highest BCUT2D eigenvalue weighted by atomic mass is 79.9. The smallest absolute Gasteiger partial charge is 0.140 e. The Kier molecular flexibility index (Phi) is 4.42.